The Morgan fingerprint density at radius 2 is 1.76 bits per heavy atom. The normalized spacial score (nSPS) is 10.6. The van der Waals surface area contributed by atoms with E-state index >= 15 is 0 Å². The lowest BCUT2D eigenvalue weighted by molar-refractivity contribution is 0.0982. The molecule has 0 fully saturated rings. The van der Waals surface area contributed by atoms with Crippen LogP contribution in [0.15, 0.2) is 47.4 Å². The fourth-order valence-corrected chi connectivity index (χ4v) is 3.02. The Morgan fingerprint density at radius 3 is 2.43 bits per heavy atom. The van der Waals surface area contributed by atoms with Gasteiger partial charge in [0.15, 0.2) is 5.78 Å². The molecular formula is C16H13Cl2FOS. The molecule has 0 spiro atoms. The van der Waals surface area contributed by atoms with Gasteiger partial charge >= 0.3 is 0 Å². The summed E-state index contributed by atoms with van der Waals surface area (Å²) in [6, 6.07) is 11.1. The fourth-order valence-electron chi connectivity index (χ4n) is 1.77. The van der Waals surface area contributed by atoms with Crippen LogP contribution in [0.25, 0.3) is 0 Å². The molecule has 21 heavy (non-hydrogen) atoms. The molecule has 0 radical (unpaired) electrons. The quantitative estimate of drug-likeness (QED) is 0.370. The molecule has 0 saturated heterocycles. The van der Waals surface area contributed by atoms with Crippen LogP contribution in [-0.4, -0.2) is 11.5 Å². The second kappa shape index (κ2) is 7.83. The van der Waals surface area contributed by atoms with E-state index < -0.39 is 0 Å². The standard InChI is InChI=1S/C16H13Cl2FOS/c17-14-8-7-13(10-15(14)18)21-9-1-2-16(20)11-3-5-12(19)6-4-11/h3-8,10H,1-2,9H2. The summed E-state index contributed by atoms with van der Waals surface area (Å²) in [5.41, 5.74) is 0.552. The van der Waals surface area contributed by atoms with Gasteiger partial charge in [-0.2, -0.15) is 0 Å². The van der Waals surface area contributed by atoms with Gasteiger partial charge in [-0.1, -0.05) is 23.2 Å². The maximum atomic E-state index is 12.8. The molecule has 110 valence electrons. The van der Waals surface area contributed by atoms with Gasteiger partial charge in [0.2, 0.25) is 0 Å². The highest BCUT2D eigenvalue weighted by atomic mass is 35.5. The molecule has 0 unspecified atom stereocenters. The zero-order chi connectivity index (χ0) is 15.2. The minimum atomic E-state index is -0.332. The molecule has 2 aromatic rings. The third-order valence-corrected chi connectivity index (χ3v) is 4.69. The zero-order valence-electron chi connectivity index (χ0n) is 11.1. The van der Waals surface area contributed by atoms with Crippen LogP contribution in [0.4, 0.5) is 4.39 Å². The van der Waals surface area contributed by atoms with E-state index in [0.29, 0.717) is 22.0 Å². The van der Waals surface area contributed by atoms with Gasteiger partial charge in [-0.25, -0.2) is 4.39 Å². The highest BCUT2D eigenvalue weighted by Crippen LogP contribution is 2.28. The number of hydrogen-bond acceptors (Lipinski definition) is 2. The third-order valence-electron chi connectivity index (χ3n) is 2.87. The molecule has 0 aliphatic rings. The Bertz CT molecular complexity index is 629. The van der Waals surface area contributed by atoms with E-state index in [1.807, 2.05) is 12.1 Å². The maximum Gasteiger partial charge on any atom is 0.162 e. The molecule has 0 heterocycles. The number of Topliss-reactive ketones (excluding diaryl/α,β-unsaturated/α-hetero) is 1. The lowest BCUT2D eigenvalue weighted by Crippen LogP contribution is -1.99. The van der Waals surface area contributed by atoms with E-state index in [2.05, 4.69) is 0 Å². The average Bonchev–Trinajstić information content (AvgIpc) is 2.47. The smallest absolute Gasteiger partial charge is 0.162 e. The Morgan fingerprint density at radius 1 is 1.05 bits per heavy atom. The van der Waals surface area contributed by atoms with E-state index in [1.165, 1.54) is 24.3 Å². The Labute approximate surface area is 137 Å². The van der Waals surface area contributed by atoms with Crippen molar-refractivity contribution in [3.05, 3.63) is 63.9 Å². The van der Waals surface area contributed by atoms with Crippen LogP contribution in [-0.2, 0) is 0 Å². The van der Waals surface area contributed by atoms with Gasteiger partial charge in [-0.05, 0) is 54.6 Å². The summed E-state index contributed by atoms with van der Waals surface area (Å²) in [5.74, 6) is 0.511. The highest BCUT2D eigenvalue weighted by Gasteiger charge is 2.06. The summed E-state index contributed by atoms with van der Waals surface area (Å²) in [4.78, 5) is 12.9. The first-order valence-electron chi connectivity index (χ1n) is 6.43. The number of carbonyl (C=O) groups is 1. The molecule has 0 atom stereocenters. The predicted molar refractivity (Wildman–Crippen MR) is 87.2 cm³/mol. The van der Waals surface area contributed by atoms with Crippen LogP contribution in [0.3, 0.4) is 0 Å². The summed E-state index contributed by atoms with van der Waals surface area (Å²) in [5, 5.41) is 1.07. The zero-order valence-corrected chi connectivity index (χ0v) is 13.4. The lowest BCUT2D eigenvalue weighted by atomic mass is 10.1. The number of halogens is 3. The van der Waals surface area contributed by atoms with Crippen molar-refractivity contribution in [1.82, 2.24) is 0 Å². The topological polar surface area (TPSA) is 17.1 Å². The molecule has 2 aromatic carbocycles. The average molecular weight is 343 g/mol. The summed E-state index contributed by atoms with van der Waals surface area (Å²) in [6.07, 6.45) is 1.20. The Kier molecular flexibility index (Phi) is 6.09. The summed E-state index contributed by atoms with van der Waals surface area (Å²) in [7, 11) is 0. The van der Waals surface area contributed by atoms with Crippen molar-refractivity contribution in [3.63, 3.8) is 0 Å². The second-order valence-corrected chi connectivity index (χ2v) is 6.44. The van der Waals surface area contributed by atoms with Crippen molar-refractivity contribution in [3.8, 4) is 0 Å². The van der Waals surface area contributed by atoms with Crippen LogP contribution >= 0.6 is 35.0 Å². The Hall–Kier alpha value is -1.03. The van der Waals surface area contributed by atoms with Crippen molar-refractivity contribution >= 4 is 40.7 Å². The van der Waals surface area contributed by atoms with E-state index in [1.54, 1.807) is 17.8 Å². The van der Waals surface area contributed by atoms with Crippen molar-refractivity contribution in [2.45, 2.75) is 17.7 Å². The van der Waals surface area contributed by atoms with Crippen molar-refractivity contribution in [1.29, 1.82) is 0 Å². The Balaban J connectivity index is 1.77. The number of thioether (sulfide) groups is 1. The van der Waals surface area contributed by atoms with Gasteiger partial charge in [-0.3, -0.25) is 4.79 Å². The van der Waals surface area contributed by atoms with Gasteiger partial charge in [0.25, 0.3) is 0 Å². The van der Waals surface area contributed by atoms with Crippen molar-refractivity contribution in [2.75, 3.05) is 5.75 Å². The largest absolute Gasteiger partial charge is 0.294 e. The van der Waals surface area contributed by atoms with Gasteiger partial charge in [0, 0.05) is 16.9 Å². The van der Waals surface area contributed by atoms with Gasteiger partial charge < -0.3 is 0 Å². The van der Waals surface area contributed by atoms with E-state index in [-0.39, 0.29) is 11.6 Å². The van der Waals surface area contributed by atoms with Crippen molar-refractivity contribution < 1.29 is 9.18 Å². The van der Waals surface area contributed by atoms with E-state index in [0.717, 1.165) is 17.1 Å². The molecule has 0 bridgehead atoms. The predicted octanol–water partition coefficient (Wildman–Crippen LogP) is 5.89. The minimum absolute atomic E-state index is 0.0322. The van der Waals surface area contributed by atoms with E-state index in [4.69, 9.17) is 23.2 Å². The van der Waals surface area contributed by atoms with E-state index in [9.17, 15) is 9.18 Å². The molecule has 0 amide bonds. The number of carbonyl (C=O) groups excluding carboxylic acids is 1. The van der Waals surface area contributed by atoms with Crippen LogP contribution < -0.4 is 0 Å². The molecule has 2 rings (SSSR count). The van der Waals surface area contributed by atoms with Crippen LogP contribution in [0.1, 0.15) is 23.2 Å². The third kappa shape index (κ3) is 5.03. The lowest BCUT2D eigenvalue weighted by Gasteiger charge is -2.04. The van der Waals surface area contributed by atoms with Gasteiger partial charge in [0.1, 0.15) is 5.82 Å². The molecular weight excluding hydrogens is 330 g/mol. The number of ketones is 1. The first-order chi connectivity index (χ1) is 10.1. The monoisotopic (exact) mass is 342 g/mol. The fraction of sp³-hybridized carbons (Fsp3) is 0.188. The first-order valence-corrected chi connectivity index (χ1v) is 8.17. The molecule has 0 N–H and O–H groups in total. The first kappa shape index (κ1) is 16.3. The summed E-state index contributed by atoms with van der Waals surface area (Å²) in [6.45, 7) is 0. The van der Waals surface area contributed by atoms with Crippen molar-refractivity contribution in [2.24, 2.45) is 0 Å². The highest BCUT2D eigenvalue weighted by molar-refractivity contribution is 7.99. The molecule has 0 saturated carbocycles. The second-order valence-electron chi connectivity index (χ2n) is 4.46. The maximum absolute atomic E-state index is 12.8. The SMILES string of the molecule is O=C(CCCSc1ccc(Cl)c(Cl)c1)c1ccc(F)cc1. The number of hydrogen-bond donors (Lipinski definition) is 0. The number of rotatable bonds is 6. The molecule has 0 aliphatic carbocycles. The molecule has 0 aromatic heterocycles. The van der Waals surface area contributed by atoms with Crippen LogP contribution in [0.2, 0.25) is 10.0 Å². The van der Waals surface area contributed by atoms with Gasteiger partial charge in [0.05, 0.1) is 10.0 Å². The van der Waals surface area contributed by atoms with Gasteiger partial charge in [-0.15, -0.1) is 11.8 Å². The molecule has 1 nitrogen and oxygen atoms in total. The summed E-state index contributed by atoms with van der Waals surface area (Å²) >= 11 is 13.4. The summed E-state index contributed by atoms with van der Waals surface area (Å²) < 4.78 is 12.8. The number of benzene rings is 2. The minimum Gasteiger partial charge on any atom is -0.294 e. The molecule has 5 heteroatoms. The van der Waals surface area contributed by atoms with Crippen LogP contribution in [0.5, 0.6) is 0 Å². The van der Waals surface area contributed by atoms with Crippen LogP contribution in [0, 0.1) is 5.82 Å². The molecule has 0 aliphatic heterocycles.